The van der Waals surface area contributed by atoms with Crippen LogP contribution in [0, 0.1) is 0 Å². The second-order valence-electron chi connectivity index (χ2n) is 4.58. The average Bonchev–Trinajstić information content (AvgIpc) is 2.90. The molecule has 0 radical (unpaired) electrons. The standard InChI is InChI=1S/C13H15Cl2N3O2/c1-3-19-7-13(2,16)12-17-11(20-18-12)8-5-4-6-9(14)10(8)15/h4-6H,3,7,16H2,1-2H3. The van der Waals surface area contributed by atoms with Crippen LogP contribution in [0.3, 0.4) is 0 Å². The zero-order valence-corrected chi connectivity index (χ0v) is 12.7. The topological polar surface area (TPSA) is 74.2 Å². The Morgan fingerprint density at radius 3 is 2.85 bits per heavy atom. The van der Waals surface area contributed by atoms with Gasteiger partial charge in [-0.1, -0.05) is 34.4 Å². The van der Waals surface area contributed by atoms with Gasteiger partial charge in [-0.05, 0) is 26.0 Å². The largest absolute Gasteiger partial charge is 0.379 e. The van der Waals surface area contributed by atoms with E-state index in [1.807, 2.05) is 6.92 Å². The van der Waals surface area contributed by atoms with Crippen LogP contribution in [0.1, 0.15) is 19.7 Å². The number of nitrogens with two attached hydrogens (primary N) is 1. The van der Waals surface area contributed by atoms with Gasteiger partial charge in [0.1, 0.15) is 5.54 Å². The zero-order chi connectivity index (χ0) is 14.8. The van der Waals surface area contributed by atoms with Crippen molar-refractivity contribution in [2.45, 2.75) is 19.4 Å². The summed E-state index contributed by atoms with van der Waals surface area (Å²) in [7, 11) is 0. The second kappa shape index (κ2) is 6.10. The third-order valence-corrected chi connectivity index (χ3v) is 3.54. The number of hydrogen-bond donors (Lipinski definition) is 1. The Morgan fingerprint density at radius 2 is 2.15 bits per heavy atom. The number of benzene rings is 1. The van der Waals surface area contributed by atoms with E-state index in [0.717, 1.165) is 0 Å². The van der Waals surface area contributed by atoms with Gasteiger partial charge in [0, 0.05) is 6.61 Å². The molecule has 1 aromatic carbocycles. The Bertz CT molecular complexity index is 599. The lowest BCUT2D eigenvalue weighted by molar-refractivity contribution is 0.0962. The first kappa shape index (κ1) is 15.3. The summed E-state index contributed by atoms with van der Waals surface area (Å²) in [6.45, 7) is 4.53. The van der Waals surface area contributed by atoms with E-state index < -0.39 is 5.54 Å². The van der Waals surface area contributed by atoms with Gasteiger partial charge in [-0.3, -0.25) is 0 Å². The lowest BCUT2D eigenvalue weighted by Gasteiger charge is -2.19. The highest BCUT2D eigenvalue weighted by molar-refractivity contribution is 6.43. The van der Waals surface area contributed by atoms with Gasteiger partial charge in [0.2, 0.25) is 0 Å². The van der Waals surface area contributed by atoms with Crippen molar-refractivity contribution in [3.8, 4) is 11.5 Å². The predicted octanol–water partition coefficient (Wildman–Crippen LogP) is 3.25. The number of ether oxygens (including phenoxy) is 1. The summed E-state index contributed by atoms with van der Waals surface area (Å²) in [5.41, 5.74) is 5.86. The maximum atomic E-state index is 6.12. The van der Waals surface area contributed by atoms with Crippen molar-refractivity contribution >= 4 is 23.2 Å². The van der Waals surface area contributed by atoms with Crippen LogP contribution in [-0.4, -0.2) is 23.4 Å². The van der Waals surface area contributed by atoms with Gasteiger partial charge in [0.15, 0.2) is 5.82 Å². The van der Waals surface area contributed by atoms with E-state index in [2.05, 4.69) is 10.1 Å². The normalized spacial score (nSPS) is 14.2. The summed E-state index contributed by atoms with van der Waals surface area (Å²) in [6.07, 6.45) is 0. The van der Waals surface area contributed by atoms with E-state index >= 15 is 0 Å². The van der Waals surface area contributed by atoms with Crippen molar-refractivity contribution in [2.75, 3.05) is 13.2 Å². The molecule has 0 aliphatic rings. The van der Waals surface area contributed by atoms with Crippen LogP contribution in [-0.2, 0) is 10.3 Å². The van der Waals surface area contributed by atoms with E-state index in [9.17, 15) is 0 Å². The minimum Gasteiger partial charge on any atom is -0.379 e. The van der Waals surface area contributed by atoms with Gasteiger partial charge >= 0.3 is 0 Å². The molecule has 2 aromatic rings. The zero-order valence-electron chi connectivity index (χ0n) is 11.2. The molecule has 5 nitrogen and oxygen atoms in total. The molecule has 0 aliphatic heterocycles. The Kier molecular flexibility index (Phi) is 4.65. The lowest BCUT2D eigenvalue weighted by Crippen LogP contribution is -2.39. The van der Waals surface area contributed by atoms with Crippen LogP contribution >= 0.6 is 23.2 Å². The van der Waals surface area contributed by atoms with E-state index in [0.29, 0.717) is 34.6 Å². The number of halogens is 2. The first-order chi connectivity index (χ1) is 9.45. The van der Waals surface area contributed by atoms with Crippen molar-refractivity contribution in [1.82, 2.24) is 10.1 Å². The molecule has 2 rings (SSSR count). The summed E-state index contributed by atoms with van der Waals surface area (Å²) in [5.74, 6) is 0.637. The van der Waals surface area contributed by atoms with Crippen LogP contribution in [0.25, 0.3) is 11.5 Å². The molecule has 0 bridgehead atoms. The SMILES string of the molecule is CCOCC(C)(N)c1noc(-c2cccc(Cl)c2Cl)n1. The molecule has 0 fully saturated rings. The maximum Gasteiger partial charge on any atom is 0.259 e. The first-order valence-corrected chi connectivity index (χ1v) is 6.86. The molecule has 1 atom stereocenters. The first-order valence-electron chi connectivity index (χ1n) is 6.11. The molecule has 1 unspecified atom stereocenters. The molecular weight excluding hydrogens is 301 g/mol. The van der Waals surface area contributed by atoms with E-state index in [1.165, 1.54) is 0 Å². The average molecular weight is 316 g/mol. The van der Waals surface area contributed by atoms with E-state index in [1.54, 1.807) is 25.1 Å². The molecule has 2 N–H and O–H groups in total. The Balaban J connectivity index is 2.31. The van der Waals surface area contributed by atoms with Crippen LogP contribution in [0.15, 0.2) is 22.7 Å². The predicted molar refractivity (Wildman–Crippen MR) is 77.8 cm³/mol. The molecular formula is C13H15Cl2N3O2. The fourth-order valence-electron chi connectivity index (χ4n) is 1.61. The Morgan fingerprint density at radius 1 is 1.40 bits per heavy atom. The van der Waals surface area contributed by atoms with Crippen LogP contribution in [0.2, 0.25) is 10.0 Å². The van der Waals surface area contributed by atoms with Gasteiger partial charge in [-0.25, -0.2) is 0 Å². The van der Waals surface area contributed by atoms with Gasteiger partial charge in [-0.15, -0.1) is 0 Å². The molecule has 7 heteroatoms. The number of nitrogens with zero attached hydrogens (tertiary/aromatic N) is 2. The fraction of sp³-hybridized carbons (Fsp3) is 0.385. The van der Waals surface area contributed by atoms with Crippen molar-refractivity contribution < 1.29 is 9.26 Å². The molecule has 0 saturated carbocycles. The Labute approximate surface area is 127 Å². The number of rotatable bonds is 5. The van der Waals surface area contributed by atoms with Crippen molar-refractivity contribution in [2.24, 2.45) is 5.73 Å². The lowest BCUT2D eigenvalue weighted by atomic mass is 10.1. The molecule has 0 amide bonds. The molecule has 1 aromatic heterocycles. The highest BCUT2D eigenvalue weighted by Gasteiger charge is 2.28. The molecule has 108 valence electrons. The van der Waals surface area contributed by atoms with E-state index in [-0.39, 0.29) is 5.89 Å². The second-order valence-corrected chi connectivity index (χ2v) is 5.36. The van der Waals surface area contributed by atoms with Crippen LogP contribution in [0.5, 0.6) is 0 Å². The van der Waals surface area contributed by atoms with Gasteiger partial charge in [-0.2, -0.15) is 4.98 Å². The van der Waals surface area contributed by atoms with Gasteiger partial charge in [0.25, 0.3) is 5.89 Å². The highest BCUT2D eigenvalue weighted by atomic mass is 35.5. The minimum atomic E-state index is -0.831. The van der Waals surface area contributed by atoms with Crippen LogP contribution in [0.4, 0.5) is 0 Å². The fourth-order valence-corrected chi connectivity index (χ4v) is 1.99. The molecule has 1 heterocycles. The maximum absolute atomic E-state index is 6.12. The van der Waals surface area contributed by atoms with Crippen molar-refractivity contribution in [3.05, 3.63) is 34.1 Å². The summed E-state index contributed by atoms with van der Waals surface area (Å²) in [4.78, 5) is 4.28. The third kappa shape index (κ3) is 3.12. The third-order valence-electron chi connectivity index (χ3n) is 2.72. The smallest absolute Gasteiger partial charge is 0.259 e. The molecule has 0 spiro atoms. The van der Waals surface area contributed by atoms with Gasteiger partial charge in [0.05, 0.1) is 22.2 Å². The van der Waals surface area contributed by atoms with Crippen molar-refractivity contribution in [3.63, 3.8) is 0 Å². The molecule has 20 heavy (non-hydrogen) atoms. The monoisotopic (exact) mass is 315 g/mol. The van der Waals surface area contributed by atoms with Crippen LogP contribution < -0.4 is 5.73 Å². The number of aromatic nitrogens is 2. The summed E-state index contributed by atoms with van der Waals surface area (Å²) < 4.78 is 10.5. The van der Waals surface area contributed by atoms with Gasteiger partial charge < -0.3 is 15.0 Å². The Hall–Kier alpha value is -1.14. The molecule has 0 saturated heterocycles. The minimum absolute atomic E-state index is 0.278. The summed E-state index contributed by atoms with van der Waals surface area (Å²) in [5, 5.41) is 4.69. The summed E-state index contributed by atoms with van der Waals surface area (Å²) >= 11 is 12.1. The quantitative estimate of drug-likeness (QED) is 0.916. The van der Waals surface area contributed by atoms with Crippen molar-refractivity contribution in [1.29, 1.82) is 0 Å². The molecule has 0 aliphatic carbocycles. The summed E-state index contributed by atoms with van der Waals surface area (Å²) in [6, 6.07) is 5.20. The van der Waals surface area contributed by atoms with E-state index in [4.69, 9.17) is 38.2 Å². The number of hydrogen-bond acceptors (Lipinski definition) is 5. The highest BCUT2D eigenvalue weighted by Crippen LogP contribution is 2.33.